The molecule has 1 N–H and O–H groups in total. The maximum Gasteiger partial charge on any atom is 0.229 e. The van der Waals surface area contributed by atoms with Gasteiger partial charge in [0, 0.05) is 0 Å². The van der Waals surface area contributed by atoms with Gasteiger partial charge in [-0.1, -0.05) is 45.1 Å². The standard InChI is InChI=1S/C20H24Cl2N4/c1-11-9-12(14-10-13-7-8-20(14,4)19(13,2)3)5-6-15(11)23-18-25-16(21)24-17(22)26-18/h5-6,13,15H,1,7-10H2,2-4H3,(H,23,24,25,26). The topological polar surface area (TPSA) is 50.7 Å². The van der Waals surface area contributed by atoms with Gasteiger partial charge in [-0.05, 0) is 76.8 Å². The Morgan fingerprint density at radius 2 is 1.85 bits per heavy atom. The van der Waals surface area contributed by atoms with Gasteiger partial charge in [-0.25, -0.2) is 0 Å². The minimum Gasteiger partial charge on any atom is -0.344 e. The molecule has 26 heavy (non-hydrogen) atoms. The van der Waals surface area contributed by atoms with E-state index in [1.165, 1.54) is 24.8 Å². The van der Waals surface area contributed by atoms with E-state index in [1.54, 1.807) is 5.57 Å². The van der Waals surface area contributed by atoms with Crippen LogP contribution in [0.5, 0.6) is 0 Å². The van der Waals surface area contributed by atoms with Gasteiger partial charge in [-0.3, -0.25) is 0 Å². The number of nitrogens with zero attached hydrogens (tertiary/aromatic N) is 3. The molecule has 0 amide bonds. The quantitative estimate of drug-likeness (QED) is 0.665. The van der Waals surface area contributed by atoms with E-state index >= 15 is 0 Å². The van der Waals surface area contributed by atoms with E-state index in [9.17, 15) is 0 Å². The zero-order valence-electron chi connectivity index (χ0n) is 15.4. The van der Waals surface area contributed by atoms with Crippen molar-refractivity contribution in [1.29, 1.82) is 0 Å². The van der Waals surface area contributed by atoms with E-state index < -0.39 is 0 Å². The number of halogens is 2. The molecule has 0 spiro atoms. The molecule has 2 saturated carbocycles. The van der Waals surface area contributed by atoms with Crippen LogP contribution in [0.15, 0.2) is 35.5 Å². The Morgan fingerprint density at radius 3 is 2.38 bits per heavy atom. The van der Waals surface area contributed by atoms with E-state index in [0.717, 1.165) is 17.9 Å². The maximum absolute atomic E-state index is 5.86. The molecule has 4 rings (SSSR count). The number of anilines is 1. The van der Waals surface area contributed by atoms with Crippen LogP contribution in [0.2, 0.25) is 10.6 Å². The lowest BCUT2D eigenvalue weighted by Crippen LogP contribution is -2.29. The summed E-state index contributed by atoms with van der Waals surface area (Å²) in [5, 5.41) is 3.41. The van der Waals surface area contributed by atoms with Crippen molar-refractivity contribution >= 4 is 29.2 Å². The maximum atomic E-state index is 5.86. The predicted octanol–water partition coefficient (Wildman–Crippen LogP) is 5.62. The summed E-state index contributed by atoms with van der Waals surface area (Å²) in [5.74, 6) is 1.18. The molecule has 3 aliphatic carbocycles. The van der Waals surface area contributed by atoms with Crippen LogP contribution in [-0.4, -0.2) is 21.0 Å². The van der Waals surface area contributed by atoms with Gasteiger partial charge in [-0.2, -0.15) is 15.0 Å². The number of allylic oxidation sites excluding steroid dienone is 3. The third-order valence-electron chi connectivity index (χ3n) is 7.15. The largest absolute Gasteiger partial charge is 0.344 e. The zero-order valence-corrected chi connectivity index (χ0v) is 17.0. The summed E-state index contributed by atoms with van der Waals surface area (Å²) in [7, 11) is 0. The molecular formula is C20H24Cl2N4. The Kier molecular flexibility index (Phi) is 4.20. The van der Waals surface area contributed by atoms with E-state index in [0.29, 0.717) is 16.8 Å². The van der Waals surface area contributed by atoms with Crippen LogP contribution in [0.25, 0.3) is 0 Å². The van der Waals surface area contributed by atoms with Crippen molar-refractivity contribution in [3.8, 4) is 0 Å². The van der Waals surface area contributed by atoms with Crippen molar-refractivity contribution in [1.82, 2.24) is 15.0 Å². The summed E-state index contributed by atoms with van der Waals surface area (Å²) in [6.45, 7) is 11.6. The molecule has 3 atom stereocenters. The third kappa shape index (κ3) is 2.69. The van der Waals surface area contributed by atoms with Crippen molar-refractivity contribution in [2.75, 3.05) is 5.32 Å². The van der Waals surface area contributed by atoms with Crippen molar-refractivity contribution < 1.29 is 0 Å². The van der Waals surface area contributed by atoms with Crippen LogP contribution in [0, 0.1) is 16.7 Å². The minimum atomic E-state index is -0.0340. The number of nitrogens with one attached hydrogen (secondary N) is 1. The molecule has 0 aromatic carbocycles. The lowest BCUT2D eigenvalue weighted by molar-refractivity contribution is 0.178. The van der Waals surface area contributed by atoms with Gasteiger partial charge in [0.2, 0.25) is 16.5 Å². The molecule has 3 unspecified atom stereocenters. The molecule has 6 heteroatoms. The highest BCUT2D eigenvalue weighted by Gasteiger charge is 2.59. The first-order chi connectivity index (χ1) is 12.2. The first-order valence-corrected chi connectivity index (χ1v) is 9.88. The van der Waals surface area contributed by atoms with Crippen LogP contribution in [0.3, 0.4) is 0 Å². The fourth-order valence-corrected chi connectivity index (χ4v) is 5.46. The summed E-state index contributed by atoms with van der Waals surface area (Å²) < 4.78 is 0. The van der Waals surface area contributed by atoms with Gasteiger partial charge in [0.15, 0.2) is 0 Å². The van der Waals surface area contributed by atoms with Gasteiger partial charge in [0.05, 0.1) is 6.04 Å². The monoisotopic (exact) mass is 390 g/mol. The van der Waals surface area contributed by atoms with Gasteiger partial charge in [0.25, 0.3) is 0 Å². The number of fused-ring (bicyclic) bond motifs is 2. The molecule has 4 nitrogen and oxygen atoms in total. The molecule has 138 valence electrons. The highest BCUT2D eigenvalue weighted by Crippen LogP contribution is 2.68. The van der Waals surface area contributed by atoms with Gasteiger partial charge >= 0.3 is 0 Å². The smallest absolute Gasteiger partial charge is 0.229 e. The van der Waals surface area contributed by atoms with E-state index in [2.05, 4.69) is 59.8 Å². The molecule has 2 fully saturated rings. The van der Waals surface area contributed by atoms with E-state index in [-0.39, 0.29) is 16.6 Å². The summed E-state index contributed by atoms with van der Waals surface area (Å²) in [5.41, 5.74) is 4.88. The molecule has 2 bridgehead atoms. The Bertz CT molecular complexity index is 822. The first kappa shape index (κ1) is 18.0. The van der Waals surface area contributed by atoms with Crippen molar-refractivity contribution in [2.45, 2.75) is 52.5 Å². The van der Waals surface area contributed by atoms with Crippen LogP contribution in [0.1, 0.15) is 46.5 Å². The Balaban J connectivity index is 1.59. The SMILES string of the molecule is C=C1CC(=C2CC3CCC2(C)C3(C)C)C=CC1Nc1nc(Cl)nc(Cl)n1. The van der Waals surface area contributed by atoms with Crippen LogP contribution < -0.4 is 5.32 Å². The average molecular weight is 391 g/mol. The minimum absolute atomic E-state index is 0.0340. The second kappa shape index (κ2) is 6.07. The lowest BCUT2D eigenvalue weighted by Gasteiger charge is -2.37. The van der Waals surface area contributed by atoms with Crippen LogP contribution in [0.4, 0.5) is 5.95 Å². The number of aromatic nitrogens is 3. The fourth-order valence-electron chi connectivity index (χ4n) is 5.10. The summed E-state index contributed by atoms with van der Waals surface area (Å²) >= 11 is 11.7. The first-order valence-electron chi connectivity index (χ1n) is 9.13. The van der Waals surface area contributed by atoms with E-state index in [1.807, 2.05) is 0 Å². The molecule has 0 radical (unpaired) electrons. The predicted molar refractivity (Wildman–Crippen MR) is 106 cm³/mol. The van der Waals surface area contributed by atoms with Crippen LogP contribution in [-0.2, 0) is 0 Å². The van der Waals surface area contributed by atoms with Gasteiger partial charge in [-0.15, -0.1) is 0 Å². The number of rotatable bonds is 2. The Hall–Kier alpha value is -1.39. The number of hydrogen-bond acceptors (Lipinski definition) is 4. The Labute approximate surface area is 164 Å². The lowest BCUT2D eigenvalue weighted by atomic mass is 9.67. The van der Waals surface area contributed by atoms with Gasteiger partial charge < -0.3 is 5.32 Å². The van der Waals surface area contributed by atoms with E-state index in [4.69, 9.17) is 23.2 Å². The van der Waals surface area contributed by atoms with Gasteiger partial charge in [0.1, 0.15) is 0 Å². The molecule has 0 aliphatic heterocycles. The summed E-state index contributed by atoms with van der Waals surface area (Å²) in [4.78, 5) is 11.9. The summed E-state index contributed by atoms with van der Waals surface area (Å²) in [6.07, 6.45) is 9.17. The van der Waals surface area contributed by atoms with Crippen molar-refractivity contribution in [2.24, 2.45) is 16.7 Å². The molecule has 1 aromatic heterocycles. The Morgan fingerprint density at radius 1 is 1.15 bits per heavy atom. The number of hydrogen-bond donors (Lipinski definition) is 1. The summed E-state index contributed by atoms with van der Waals surface area (Å²) in [6, 6.07) is -0.0340. The normalized spacial score (nSPS) is 35.2. The van der Waals surface area contributed by atoms with Crippen molar-refractivity contribution in [3.63, 3.8) is 0 Å². The molecule has 1 aromatic rings. The zero-order chi connectivity index (χ0) is 18.7. The molecular weight excluding hydrogens is 367 g/mol. The van der Waals surface area contributed by atoms with Crippen molar-refractivity contribution in [3.05, 3.63) is 46.0 Å². The van der Waals surface area contributed by atoms with Crippen LogP contribution >= 0.6 is 23.2 Å². The molecule has 0 saturated heterocycles. The molecule has 1 heterocycles. The highest BCUT2D eigenvalue weighted by atomic mass is 35.5. The average Bonchev–Trinajstić information content (AvgIpc) is 2.89. The third-order valence-corrected chi connectivity index (χ3v) is 7.49. The highest BCUT2D eigenvalue weighted by molar-refractivity contribution is 6.31. The second-order valence-electron chi connectivity index (χ2n) is 8.51. The second-order valence-corrected chi connectivity index (χ2v) is 9.19. The fraction of sp³-hybridized carbons (Fsp3) is 0.550. The molecule has 3 aliphatic rings.